The van der Waals surface area contributed by atoms with Crippen LogP contribution in [0.1, 0.15) is 49.3 Å². The van der Waals surface area contributed by atoms with E-state index in [1.165, 1.54) is 0 Å². The summed E-state index contributed by atoms with van der Waals surface area (Å²) < 4.78 is 42.7. The number of benzene rings is 1. The molecule has 2 heterocycles. The molecule has 2 aromatic heterocycles. The maximum absolute atomic E-state index is 14.2. The number of hydrogen-bond acceptors (Lipinski definition) is 2. The van der Waals surface area contributed by atoms with Gasteiger partial charge in [-0.15, -0.1) is 0 Å². The summed E-state index contributed by atoms with van der Waals surface area (Å²) in [5.41, 5.74) is 0.729. The topological polar surface area (TPSA) is 25.8 Å². The Morgan fingerprint density at radius 3 is 2.31 bits per heavy atom. The van der Waals surface area contributed by atoms with Crippen molar-refractivity contribution in [3.63, 3.8) is 0 Å². The highest BCUT2D eigenvalue weighted by molar-refractivity contribution is 5.95. The number of fused-ring (bicyclic) bond motifs is 1. The molecule has 1 saturated carbocycles. The van der Waals surface area contributed by atoms with Crippen LogP contribution in [0.4, 0.5) is 13.2 Å². The standard InChI is InChI=1S/C21H19F3N2/c22-21(23,24)18-17(14-8-3-1-4-9-14)16-12-7-13-25-20(16)26-19(18)15-10-5-2-6-11-15/h1,3-4,7-9,12-13,15H,2,5-6,10-11H2. The summed E-state index contributed by atoms with van der Waals surface area (Å²) in [7, 11) is 0. The van der Waals surface area contributed by atoms with E-state index in [2.05, 4.69) is 9.97 Å². The van der Waals surface area contributed by atoms with Crippen LogP contribution in [0.2, 0.25) is 0 Å². The van der Waals surface area contributed by atoms with E-state index in [1.807, 2.05) is 0 Å². The molecule has 0 atom stereocenters. The highest BCUT2D eigenvalue weighted by Crippen LogP contribution is 2.46. The third kappa shape index (κ3) is 3.06. The molecule has 0 bridgehead atoms. The molecule has 26 heavy (non-hydrogen) atoms. The van der Waals surface area contributed by atoms with E-state index >= 15 is 0 Å². The van der Waals surface area contributed by atoms with Gasteiger partial charge in [-0.3, -0.25) is 0 Å². The molecule has 134 valence electrons. The predicted molar refractivity (Wildman–Crippen MR) is 95.8 cm³/mol. The Hall–Kier alpha value is -2.43. The largest absolute Gasteiger partial charge is 0.418 e. The van der Waals surface area contributed by atoms with E-state index in [0.717, 1.165) is 32.1 Å². The summed E-state index contributed by atoms with van der Waals surface area (Å²) in [6.45, 7) is 0. The fraction of sp³-hybridized carbons (Fsp3) is 0.333. The first-order valence-corrected chi connectivity index (χ1v) is 8.97. The van der Waals surface area contributed by atoms with Gasteiger partial charge in [0.1, 0.15) is 0 Å². The number of aromatic nitrogens is 2. The SMILES string of the molecule is FC(F)(F)c1c(C2CCCCC2)nc2ncccc2c1-c1ccccc1. The first-order valence-electron chi connectivity index (χ1n) is 8.97. The van der Waals surface area contributed by atoms with E-state index in [1.54, 1.807) is 48.7 Å². The van der Waals surface area contributed by atoms with Crippen LogP contribution in [-0.4, -0.2) is 9.97 Å². The lowest BCUT2D eigenvalue weighted by molar-refractivity contribution is -0.138. The molecule has 1 aromatic carbocycles. The Morgan fingerprint density at radius 2 is 1.62 bits per heavy atom. The molecule has 0 radical (unpaired) electrons. The molecule has 0 unspecified atom stereocenters. The minimum atomic E-state index is -4.46. The van der Waals surface area contributed by atoms with Crippen molar-refractivity contribution < 1.29 is 13.2 Å². The third-order valence-electron chi connectivity index (χ3n) is 5.13. The Morgan fingerprint density at radius 1 is 0.885 bits per heavy atom. The van der Waals surface area contributed by atoms with Crippen LogP contribution in [0.15, 0.2) is 48.7 Å². The highest BCUT2D eigenvalue weighted by atomic mass is 19.4. The van der Waals surface area contributed by atoms with Gasteiger partial charge in [-0.05, 0) is 30.5 Å². The Labute approximate surface area is 150 Å². The molecule has 5 heteroatoms. The normalized spacial score (nSPS) is 16.1. The number of hydrogen-bond donors (Lipinski definition) is 0. The van der Waals surface area contributed by atoms with Crippen molar-refractivity contribution in [1.29, 1.82) is 0 Å². The quantitative estimate of drug-likeness (QED) is 0.534. The molecular formula is C21H19F3N2. The Bertz CT molecular complexity index is 914. The van der Waals surface area contributed by atoms with Gasteiger partial charge in [0.05, 0.1) is 11.3 Å². The number of pyridine rings is 2. The molecule has 1 aliphatic carbocycles. The smallest absolute Gasteiger partial charge is 0.237 e. The van der Waals surface area contributed by atoms with Crippen molar-refractivity contribution in [2.24, 2.45) is 0 Å². The average molecular weight is 356 g/mol. The summed E-state index contributed by atoms with van der Waals surface area (Å²) in [4.78, 5) is 8.69. The average Bonchev–Trinajstić information content (AvgIpc) is 2.67. The van der Waals surface area contributed by atoms with Crippen LogP contribution in [0.3, 0.4) is 0 Å². The minimum absolute atomic E-state index is 0.158. The molecular weight excluding hydrogens is 337 g/mol. The van der Waals surface area contributed by atoms with Gasteiger partial charge in [-0.2, -0.15) is 13.2 Å². The lowest BCUT2D eigenvalue weighted by Crippen LogP contribution is -2.18. The summed E-state index contributed by atoms with van der Waals surface area (Å²) >= 11 is 0. The zero-order valence-electron chi connectivity index (χ0n) is 14.3. The van der Waals surface area contributed by atoms with Gasteiger partial charge in [0.25, 0.3) is 0 Å². The highest BCUT2D eigenvalue weighted by Gasteiger charge is 2.40. The molecule has 1 fully saturated rings. The van der Waals surface area contributed by atoms with Gasteiger partial charge in [0, 0.05) is 23.1 Å². The van der Waals surface area contributed by atoms with Crippen molar-refractivity contribution in [3.05, 3.63) is 59.9 Å². The van der Waals surface area contributed by atoms with Gasteiger partial charge in [0.2, 0.25) is 0 Å². The second-order valence-electron chi connectivity index (χ2n) is 6.82. The van der Waals surface area contributed by atoms with Gasteiger partial charge in [0.15, 0.2) is 5.65 Å². The Kier molecular flexibility index (Phi) is 4.39. The summed E-state index contributed by atoms with van der Waals surface area (Å²) in [5.74, 6) is -0.158. The zero-order valence-corrected chi connectivity index (χ0v) is 14.3. The molecule has 2 nitrogen and oxygen atoms in total. The van der Waals surface area contributed by atoms with Crippen molar-refractivity contribution in [1.82, 2.24) is 9.97 Å². The molecule has 1 aliphatic rings. The molecule has 0 spiro atoms. The first kappa shape index (κ1) is 17.0. The monoisotopic (exact) mass is 356 g/mol. The summed E-state index contributed by atoms with van der Waals surface area (Å²) in [6, 6.07) is 12.1. The van der Waals surface area contributed by atoms with Gasteiger partial charge in [-0.25, -0.2) is 9.97 Å². The fourth-order valence-electron chi connectivity index (χ4n) is 3.98. The van der Waals surface area contributed by atoms with Crippen molar-refractivity contribution in [3.8, 4) is 11.1 Å². The maximum Gasteiger partial charge on any atom is 0.418 e. The molecule has 0 saturated heterocycles. The van der Waals surface area contributed by atoms with Crippen LogP contribution >= 0.6 is 0 Å². The number of nitrogens with zero attached hydrogens (tertiary/aromatic N) is 2. The zero-order chi connectivity index (χ0) is 18.1. The van der Waals surface area contributed by atoms with Crippen LogP contribution in [0.25, 0.3) is 22.2 Å². The lowest BCUT2D eigenvalue weighted by Gasteiger charge is -2.26. The Balaban J connectivity index is 2.08. The van der Waals surface area contributed by atoms with E-state index in [9.17, 15) is 13.2 Å². The van der Waals surface area contributed by atoms with Gasteiger partial charge >= 0.3 is 6.18 Å². The van der Waals surface area contributed by atoms with Gasteiger partial charge < -0.3 is 0 Å². The predicted octanol–water partition coefficient (Wildman–Crippen LogP) is 6.36. The van der Waals surface area contributed by atoms with Crippen molar-refractivity contribution in [2.75, 3.05) is 0 Å². The van der Waals surface area contributed by atoms with Crippen LogP contribution < -0.4 is 0 Å². The summed E-state index contributed by atoms with van der Waals surface area (Å²) in [5, 5.41) is 0.450. The van der Waals surface area contributed by atoms with Crippen LogP contribution in [0, 0.1) is 0 Å². The number of halogens is 3. The molecule has 4 rings (SSSR count). The number of rotatable bonds is 2. The van der Waals surface area contributed by atoms with Crippen molar-refractivity contribution in [2.45, 2.75) is 44.2 Å². The van der Waals surface area contributed by atoms with E-state index < -0.39 is 11.7 Å². The molecule has 3 aromatic rings. The lowest BCUT2D eigenvalue weighted by atomic mass is 9.82. The van der Waals surface area contributed by atoms with Crippen LogP contribution in [-0.2, 0) is 6.18 Å². The number of alkyl halides is 3. The first-order chi connectivity index (χ1) is 12.6. The minimum Gasteiger partial charge on any atom is -0.237 e. The molecule has 0 aliphatic heterocycles. The fourth-order valence-corrected chi connectivity index (χ4v) is 3.98. The van der Waals surface area contributed by atoms with Gasteiger partial charge in [-0.1, -0.05) is 49.6 Å². The van der Waals surface area contributed by atoms with Crippen molar-refractivity contribution >= 4 is 11.0 Å². The second-order valence-corrected chi connectivity index (χ2v) is 6.82. The molecule has 0 N–H and O–H groups in total. The third-order valence-corrected chi connectivity index (χ3v) is 5.13. The summed E-state index contributed by atoms with van der Waals surface area (Å²) in [6.07, 6.45) is 1.60. The molecule has 0 amide bonds. The van der Waals surface area contributed by atoms with E-state index in [0.29, 0.717) is 16.6 Å². The second kappa shape index (κ2) is 6.71. The van der Waals surface area contributed by atoms with E-state index in [4.69, 9.17) is 0 Å². The maximum atomic E-state index is 14.2. The van der Waals surface area contributed by atoms with E-state index in [-0.39, 0.29) is 17.2 Å². The van der Waals surface area contributed by atoms with Crippen LogP contribution in [0.5, 0.6) is 0 Å².